The first kappa shape index (κ1) is 26.4. The predicted octanol–water partition coefficient (Wildman–Crippen LogP) is 3.79. The number of sulfone groups is 1. The Morgan fingerprint density at radius 3 is 1.85 bits per heavy atom. The second kappa shape index (κ2) is 8.85. The van der Waals surface area contributed by atoms with Crippen LogP contribution in [0.1, 0.15) is 38.2 Å². The van der Waals surface area contributed by atoms with Crippen molar-refractivity contribution in [3.63, 3.8) is 0 Å². The lowest BCUT2D eigenvalue weighted by Gasteiger charge is -2.39. The van der Waals surface area contributed by atoms with Gasteiger partial charge in [-0.15, -0.1) is 0 Å². The zero-order chi connectivity index (χ0) is 25.4. The van der Waals surface area contributed by atoms with E-state index in [1.807, 2.05) is 6.92 Å². The number of halogens is 6. The minimum absolute atomic E-state index is 0.153. The van der Waals surface area contributed by atoms with E-state index in [1.54, 1.807) is 6.92 Å². The zero-order valence-electron chi connectivity index (χ0n) is 17.0. The Labute approximate surface area is 184 Å². The number of nitriles is 1. The molecule has 0 amide bonds. The van der Waals surface area contributed by atoms with E-state index in [2.05, 4.69) is 15.5 Å². The summed E-state index contributed by atoms with van der Waals surface area (Å²) < 4.78 is 110. The third kappa shape index (κ3) is 4.78. The first-order chi connectivity index (χ1) is 15.0. The van der Waals surface area contributed by atoms with E-state index in [1.165, 1.54) is 12.1 Å². The maximum absolute atomic E-state index is 13.0. The number of benzene rings is 1. The van der Waals surface area contributed by atoms with Gasteiger partial charge in [0.1, 0.15) is 0 Å². The summed E-state index contributed by atoms with van der Waals surface area (Å²) in [5, 5.41) is 5.87. The molecule has 2 unspecified atom stereocenters. The van der Waals surface area contributed by atoms with Gasteiger partial charge in [-0.2, -0.15) is 31.6 Å². The van der Waals surface area contributed by atoms with Crippen LogP contribution >= 0.6 is 0 Å². The molecule has 0 saturated carbocycles. The summed E-state index contributed by atoms with van der Waals surface area (Å²) in [5.41, 5.74) is 0.598. The van der Waals surface area contributed by atoms with Gasteiger partial charge in [0, 0.05) is 5.92 Å². The van der Waals surface area contributed by atoms with E-state index < -0.39 is 50.1 Å². The van der Waals surface area contributed by atoms with Gasteiger partial charge in [-0.1, -0.05) is 19.1 Å². The molecule has 1 aromatic carbocycles. The fraction of sp³-hybridized carbons (Fsp3) is 0.526. The number of carbonyl (C=O) groups excluding carboxylic acids is 2. The number of alkyl halides is 6. The van der Waals surface area contributed by atoms with Crippen molar-refractivity contribution >= 4 is 21.8 Å². The molecular formula is C19H17F6NO6S. The highest BCUT2D eigenvalue weighted by Crippen LogP contribution is 2.49. The van der Waals surface area contributed by atoms with E-state index in [4.69, 9.17) is 5.26 Å². The summed E-state index contributed by atoms with van der Waals surface area (Å²) in [4.78, 5) is 23.2. The Bertz CT molecular complexity index is 1020. The normalized spacial score (nSPS) is 19.2. The van der Waals surface area contributed by atoms with E-state index in [0.29, 0.717) is 18.4 Å². The summed E-state index contributed by atoms with van der Waals surface area (Å²) >= 11 is 0. The third-order valence-corrected chi connectivity index (χ3v) is 6.94. The topological polar surface area (TPSA) is 111 Å². The van der Waals surface area contributed by atoms with E-state index >= 15 is 0 Å². The highest BCUT2D eigenvalue weighted by molar-refractivity contribution is 7.93. The van der Waals surface area contributed by atoms with Gasteiger partial charge < -0.3 is 9.47 Å². The molecule has 14 heteroatoms. The number of hydrogen-bond acceptors (Lipinski definition) is 7. The molecule has 33 heavy (non-hydrogen) atoms. The molecule has 0 bridgehead atoms. The highest BCUT2D eigenvalue weighted by atomic mass is 32.2. The predicted molar refractivity (Wildman–Crippen MR) is 96.9 cm³/mol. The van der Waals surface area contributed by atoms with Crippen LogP contribution in [-0.4, -0.2) is 43.7 Å². The molecule has 0 spiro atoms. The van der Waals surface area contributed by atoms with Gasteiger partial charge in [0.05, 0.1) is 11.0 Å². The molecule has 1 aliphatic rings. The third-order valence-electron chi connectivity index (χ3n) is 5.00. The van der Waals surface area contributed by atoms with Crippen molar-refractivity contribution in [3.05, 3.63) is 29.8 Å². The lowest BCUT2D eigenvalue weighted by Crippen LogP contribution is -2.68. The molecule has 1 aliphatic heterocycles. The van der Waals surface area contributed by atoms with Crippen molar-refractivity contribution in [2.24, 2.45) is 5.92 Å². The second-order valence-corrected chi connectivity index (χ2v) is 9.35. The average molecular weight is 501 g/mol. The smallest absolute Gasteiger partial charge is 0.405 e. The number of rotatable bonds is 6. The number of ether oxygens (including phenoxy) is 2. The zero-order valence-corrected chi connectivity index (χ0v) is 17.8. The summed E-state index contributed by atoms with van der Waals surface area (Å²) in [5.74, 6) is -11.2. The Morgan fingerprint density at radius 2 is 1.48 bits per heavy atom. The Kier molecular flexibility index (Phi) is 7.09. The van der Waals surface area contributed by atoms with Crippen molar-refractivity contribution in [1.29, 1.82) is 5.26 Å². The van der Waals surface area contributed by atoms with Crippen molar-refractivity contribution < 1.29 is 53.8 Å². The van der Waals surface area contributed by atoms with E-state index in [0.717, 1.165) is 12.1 Å². The van der Waals surface area contributed by atoms with Crippen LogP contribution in [0.4, 0.5) is 26.3 Å². The van der Waals surface area contributed by atoms with Gasteiger partial charge in [0.2, 0.25) is 9.84 Å². The number of hydrogen-bond donors (Lipinski definition) is 0. The molecule has 2 rings (SSSR count). The number of carbonyl (C=O) groups is 2. The molecule has 1 fully saturated rings. The molecule has 0 aromatic heterocycles. The fourth-order valence-electron chi connectivity index (χ4n) is 3.24. The highest BCUT2D eigenvalue weighted by Gasteiger charge is 2.81. The van der Waals surface area contributed by atoms with Crippen molar-refractivity contribution in [1.82, 2.24) is 0 Å². The van der Waals surface area contributed by atoms with Gasteiger partial charge in [-0.05, 0) is 43.4 Å². The average Bonchev–Trinajstić information content (AvgIpc) is 2.69. The number of esters is 2. The van der Waals surface area contributed by atoms with Crippen LogP contribution < -0.4 is 0 Å². The standard InChI is InChI=1S/C19H17F6NO6S/c1-3-11(8-10(2)9-26)12-4-6-13(7-5-12)33(29,30)14-15(27)31-17(18(20,21)22,19(23,24)25)32-16(14)28/h4-7,10-11,14H,3,8H2,1-2H3. The van der Waals surface area contributed by atoms with Crippen molar-refractivity contribution in [3.8, 4) is 6.07 Å². The monoisotopic (exact) mass is 501 g/mol. The maximum atomic E-state index is 13.0. The van der Waals surface area contributed by atoms with Gasteiger partial charge in [0.15, 0.2) is 0 Å². The van der Waals surface area contributed by atoms with Crippen LogP contribution in [0.15, 0.2) is 29.2 Å². The first-order valence-corrected chi connectivity index (χ1v) is 10.9. The van der Waals surface area contributed by atoms with Gasteiger partial charge in [0.25, 0.3) is 5.25 Å². The Balaban J connectivity index is 2.39. The van der Waals surface area contributed by atoms with Crippen LogP contribution in [0.3, 0.4) is 0 Å². The minimum atomic E-state index is -6.41. The minimum Gasteiger partial charge on any atom is -0.405 e. The van der Waals surface area contributed by atoms with Crippen LogP contribution in [0.25, 0.3) is 0 Å². The molecular weight excluding hydrogens is 484 g/mol. The largest absolute Gasteiger partial charge is 0.478 e. The van der Waals surface area contributed by atoms with Crippen LogP contribution in [0.5, 0.6) is 0 Å². The maximum Gasteiger partial charge on any atom is 0.478 e. The Hall–Kier alpha value is -2.82. The van der Waals surface area contributed by atoms with Gasteiger partial charge >= 0.3 is 30.1 Å². The van der Waals surface area contributed by atoms with Crippen LogP contribution in [-0.2, 0) is 28.9 Å². The van der Waals surface area contributed by atoms with Crippen LogP contribution in [0, 0.1) is 17.2 Å². The quantitative estimate of drug-likeness (QED) is 0.331. The summed E-state index contributed by atoms with van der Waals surface area (Å²) in [7, 11) is -5.11. The molecule has 2 atom stereocenters. The fourth-order valence-corrected chi connectivity index (χ4v) is 4.63. The Morgan fingerprint density at radius 1 is 1.03 bits per heavy atom. The van der Waals surface area contributed by atoms with E-state index in [9.17, 15) is 44.3 Å². The second-order valence-electron chi connectivity index (χ2n) is 7.32. The molecule has 182 valence electrons. The lowest BCUT2D eigenvalue weighted by atomic mass is 9.88. The summed E-state index contributed by atoms with van der Waals surface area (Å²) in [6.07, 6.45) is -11.8. The van der Waals surface area contributed by atoms with Gasteiger partial charge in [-0.25, -0.2) is 18.0 Å². The molecule has 7 nitrogen and oxygen atoms in total. The molecule has 0 N–H and O–H groups in total. The number of nitrogens with zero attached hydrogens (tertiary/aromatic N) is 1. The molecule has 1 heterocycles. The van der Waals surface area contributed by atoms with Crippen molar-refractivity contribution in [2.45, 2.75) is 60.9 Å². The van der Waals surface area contributed by atoms with Crippen LogP contribution in [0.2, 0.25) is 0 Å². The summed E-state index contributed by atoms with van der Waals surface area (Å²) in [6.45, 7) is 3.50. The molecule has 1 aromatic rings. The molecule has 0 radical (unpaired) electrons. The van der Waals surface area contributed by atoms with Crippen molar-refractivity contribution in [2.75, 3.05) is 0 Å². The van der Waals surface area contributed by atoms with Gasteiger partial charge in [-0.3, -0.25) is 0 Å². The summed E-state index contributed by atoms with van der Waals surface area (Å²) in [6, 6.07) is 6.56. The first-order valence-electron chi connectivity index (χ1n) is 9.34. The molecule has 0 aliphatic carbocycles. The molecule has 1 saturated heterocycles. The SMILES string of the molecule is CCC(CC(C)C#N)c1ccc(S(=O)(=O)C2C(=O)OC(C(F)(F)F)(C(F)(F)F)OC2=O)cc1. The van der Waals surface area contributed by atoms with E-state index in [-0.39, 0.29) is 11.8 Å². The number of cyclic esters (lactones) is 2. The lowest BCUT2D eigenvalue weighted by molar-refractivity contribution is -0.448.